The van der Waals surface area contributed by atoms with Crippen molar-refractivity contribution >= 4 is 0 Å². The van der Waals surface area contributed by atoms with Gasteiger partial charge in [-0.15, -0.1) is 0 Å². The smallest absolute Gasteiger partial charge is 0.0807 e. The van der Waals surface area contributed by atoms with Gasteiger partial charge in [0.05, 0.1) is 18.2 Å². The van der Waals surface area contributed by atoms with Crippen LogP contribution in [0.4, 0.5) is 0 Å². The fourth-order valence-corrected chi connectivity index (χ4v) is 2.28. The van der Waals surface area contributed by atoms with E-state index in [1.165, 1.54) is 32.4 Å². The van der Waals surface area contributed by atoms with Gasteiger partial charge >= 0.3 is 0 Å². The lowest BCUT2D eigenvalue weighted by Gasteiger charge is -2.25. The first-order chi connectivity index (χ1) is 7.79. The molecule has 0 unspecified atom stereocenters. The molecule has 1 aromatic heterocycles. The third-order valence-electron chi connectivity index (χ3n) is 3.08. The molecule has 0 amide bonds. The van der Waals surface area contributed by atoms with Gasteiger partial charge in [0.25, 0.3) is 0 Å². The summed E-state index contributed by atoms with van der Waals surface area (Å²) in [5.41, 5.74) is 2.15. The van der Waals surface area contributed by atoms with E-state index in [2.05, 4.69) is 16.1 Å². The molecule has 0 aromatic carbocycles. The summed E-state index contributed by atoms with van der Waals surface area (Å²) in [5, 5.41) is 13.2. The van der Waals surface area contributed by atoms with Gasteiger partial charge in [0.15, 0.2) is 0 Å². The Bertz CT molecular complexity index is 382. The topological polar surface area (TPSA) is 44.9 Å². The molecule has 0 aliphatic carbocycles. The van der Waals surface area contributed by atoms with E-state index in [4.69, 9.17) is 5.26 Å². The summed E-state index contributed by atoms with van der Waals surface area (Å²) in [6, 6.07) is 2.20. The summed E-state index contributed by atoms with van der Waals surface area (Å²) in [6.45, 7) is 3.24. The number of rotatable bonds is 3. The van der Waals surface area contributed by atoms with Crippen LogP contribution in [-0.2, 0) is 20.0 Å². The predicted molar refractivity (Wildman–Crippen MR) is 61.7 cm³/mol. The van der Waals surface area contributed by atoms with Gasteiger partial charge in [-0.3, -0.25) is 9.58 Å². The minimum Gasteiger partial charge on any atom is -0.297 e. The van der Waals surface area contributed by atoms with Crippen LogP contribution in [0.3, 0.4) is 0 Å². The van der Waals surface area contributed by atoms with E-state index in [9.17, 15) is 0 Å². The molecule has 4 heteroatoms. The second-order valence-electron chi connectivity index (χ2n) is 4.45. The van der Waals surface area contributed by atoms with Crippen LogP contribution in [0.2, 0.25) is 0 Å². The highest BCUT2D eigenvalue weighted by Gasteiger charge is 2.14. The second kappa shape index (κ2) is 5.13. The predicted octanol–water partition coefficient (Wildman–Crippen LogP) is 1.47. The van der Waals surface area contributed by atoms with Crippen LogP contribution >= 0.6 is 0 Å². The molecule has 1 aliphatic heterocycles. The number of aromatic nitrogens is 2. The third-order valence-corrected chi connectivity index (χ3v) is 3.08. The first-order valence-electron chi connectivity index (χ1n) is 5.90. The number of hydrogen-bond acceptors (Lipinski definition) is 3. The lowest BCUT2D eigenvalue weighted by molar-refractivity contribution is 0.217. The van der Waals surface area contributed by atoms with E-state index in [0.29, 0.717) is 6.42 Å². The van der Waals surface area contributed by atoms with E-state index < -0.39 is 0 Å². The van der Waals surface area contributed by atoms with Gasteiger partial charge in [-0.2, -0.15) is 10.4 Å². The second-order valence-corrected chi connectivity index (χ2v) is 4.45. The highest BCUT2D eigenvalue weighted by Crippen LogP contribution is 2.15. The van der Waals surface area contributed by atoms with Crippen molar-refractivity contribution in [3.8, 4) is 6.07 Å². The van der Waals surface area contributed by atoms with E-state index in [1.807, 2.05) is 17.9 Å². The third kappa shape index (κ3) is 2.61. The summed E-state index contributed by atoms with van der Waals surface area (Å²) in [6.07, 6.45) is 6.37. The maximum atomic E-state index is 8.76. The van der Waals surface area contributed by atoms with E-state index in [-0.39, 0.29) is 0 Å². The van der Waals surface area contributed by atoms with Crippen LogP contribution in [0.5, 0.6) is 0 Å². The minimum atomic E-state index is 0.469. The summed E-state index contributed by atoms with van der Waals surface area (Å²) in [7, 11) is 1.92. The van der Waals surface area contributed by atoms with Crippen molar-refractivity contribution in [2.75, 3.05) is 13.1 Å². The molecule has 1 aromatic rings. The zero-order valence-corrected chi connectivity index (χ0v) is 9.82. The monoisotopic (exact) mass is 218 g/mol. The molecule has 4 nitrogen and oxygen atoms in total. The number of hydrogen-bond donors (Lipinski definition) is 0. The fourth-order valence-electron chi connectivity index (χ4n) is 2.28. The Labute approximate surface area is 96.5 Å². The Morgan fingerprint density at radius 1 is 1.38 bits per heavy atom. The Morgan fingerprint density at radius 2 is 2.12 bits per heavy atom. The molecular weight excluding hydrogens is 200 g/mol. The number of aryl methyl sites for hydroxylation is 1. The van der Waals surface area contributed by atoms with Gasteiger partial charge in [-0.1, -0.05) is 6.42 Å². The van der Waals surface area contributed by atoms with Crippen molar-refractivity contribution in [3.05, 3.63) is 17.5 Å². The number of likely N-dealkylation sites (tertiary alicyclic amines) is 1. The maximum absolute atomic E-state index is 8.76. The molecule has 1 fully saturated rings. The Balaban J connectivity index is 2.04. The Morgan fingerprint density at radius 3 is 2.81 bits per heavy atom. The first-order valence-corrected chi connectivity index (χ1v) is 5.90. The Kier molecular flexibility index (Phi) is 3.58. The van der Waals surface area contributed by atoms with Crippen LogP contribution in [0.15, 0.2) is 6.20 Å². The molecule has 0 spiro atoms. The fraction of sp³-hybridized carbons (Fsp3) is 0.667. The average Bonchev–Trinajstić information content (AvgIpc) is 2.61. The van der Waals surface area contributed by atoms with Gasteiger partial charge in [-0.05, 0) is 25.9 Å². The van der Waals surface area contributed by atoms with Gasteiger partial charge in [0.1, 0.15) is 0 Å². The van der Waals surface area contributed by atoms with Crippen LogP contribution in [-0.4, -0.2) is 27.8 Å². The van der Waals surface area contributed by atoms with Crippen molar-refractivity contribution in [1.82, 2.24) is 14.7 Å². The van der Waals surface area contributed by atoms with Crippen molar-refractivity contribution in [2.24, 2.45) is 7.05 Å². The molecule has 2 heterocycles. The summed E-state index contributed by atoms with van der Waals surface area (Å²) in [5.74, 6) is 0. The maximum Gasteiger partial charge on any atom is 0.0807 e. The minimum absolute atomic E-state index is 0.469. The molecule has 0 saturated carbocycles. The molecule has 1 aliphatic rings. The quantitative estimate of drug-likeness (QED) is 0.771. The molecule has 0 N–H and O–H groups in total. The van der Waals surface area contributed by atoms with E-state index >= 15 is 0 Å². The molecule has 16 heavy (non-hydrogen) atoms. The van der Waals surface area contributed by atoms with Gasteiger partial charge in [0.2, 0.25) is 0 Å². The molecule has 1 saturated heterocycles. The number of piperidine rings is 1. The number of nitrogens with zero attached hydrogens (tertiary/aromatic N) is 4. The SMILES string of the molecule is Cn1cc(CC#N)c(CN2CCCCC2)n1. The highest BCUT2D eigenvalue weighted by atomic mass is 15.3. The largest absolute Gasteiger partial charge is 0.297 e. The van der Waals surface area contributed by atoms with Crippen LogP contribution in [0, 0.1) is 11.3 Å². The number of nitriles is 1. The molecule has 86 valence electrons. The zero-order chi connectivity index (χ0) is 11.4. The summed E-state index contributed by atoms with van der Waals surface area (Å²) < 4.78 is 1.81. The van der Waals surface area contributed by atoms with Crippen molar-refractivity contribution in [3.63, 3.8) is 0 Å². The van der Waals surface area contributed by atoms with Crippen LogP contribution in [0.25, 0.3) is 0 Å². The molecule has 0 radical (unpaired) electrons. The molecule has 0 bridgehead atoms. The molecule has 2 rings (SSSR count). The normalized spacial score (nSPS) is 17.2. The van der Waals surface area contributed by atoms with Crippen LogP contribution in [0.1, 0.15) is 30.5 Å². The van der Waals surface area contributed by atoms with Gasteiger partial charge in [-0.25, -0.2) is 0 Å². The zero-order valence-electron chi connectivity index (χ0n) is 9.82. The van der Waals surface area contributed by atoms with Crippen molar-refractivity contribution in [2.45, 2.75) is 32.2 Å². The average molecular weight is 218 g/mol. The van der Waals surface area contributed by atoms with Crippen molar-refractivity contribution < 1.29 is 0 Å². The van der Waals surface area contributed by atoms with E-state index in [1.54, 1.807) is 0 Å². The standard InChI is InChI=1S/C12H18N4/c1-15-9-11(5-6-13)12(14-15)10-16-7-3-2-4-8-16/h9H,2-5,7-8,10H2,1H3. The van der Waals surface area contributed by atoms with Crippen LogP contribution < -0.4 is 0 Å². The lowest BCUT2D eigenvalue weighted by atomic mass is 10.1. The molecule has 0 atom stereocenters. The molecular formula is C12H18N4. The summed E-state index contributed by atoms with van der Waals surface area (Å²) >= 11 is 0. The highest BCUT2D eigenvalue weighted by molar-refractivity contribution is 5.20. The van der Waals surface area contributed by atoms with Gasteiger partial charge < -0.3 is 0 Å². The first kappa shape index (κ1) is 11.2. The van der Waals surface area contributed by atoms with E-state index in [0.717, 1.165) is 17.8 Å². The van der Waals surface area contributed by atoms with Gasteiger partial charge in [0, 0.05) is 25.4 Å². The lowest BCUT2D eigenvalue weighted by Crippen LogP contribution is -2.29. The Hall–Kier alpha value is -1.34. The van der Waals surface area contributed by atoms with Crippen molar-refractivity contribution in [1.29, 1.82) is 5.26 Å². The summed E-state index contributed by atoms with van der Waals surface area (Å²) in [4.78, 5) is 2.44.